The fourth-order valence-electron chi connectivity index (χ4n) is 2.25. The molecule has 0 aliphatic heterocycles. The molecule has 0 heterocycles. The van der Waals surface area contributed by atoms with Gasteiger partial charge in [0.15, 0.2) is 5.78 Å². The third kappa shape index (κ3) is 3.42. The van der Waals surface area contributed by atoms with Crippen molar-refractivity contribution in [3.8, 4) is 5.75 Å². The number of phenolic OH excluding ortho intramolecular Hbond substituents is 1. The van der Waals surface area contributed by atoms with Crippen molar-refractivity contribution < 1.29 is 14.7 Å². The minimum Gasteiger partial charge on any atom is -0.507 e. The molecular weight excluding hydrogens is 268 g/mol. The van der Waals surface area contributed by atoms with Crippen molar-refractivity contribution in [1.29, 1.82) is 0 Å². The second-order valence-electron chi connectivity index (χ2n) is 6.14. The van der Waals surface area contributed by atoms with Crippen LogP contribution in [0.4, 0.5) is 0 Å². The number of nitrogens with one attached hydrogen (secondary N) is 2. The van der Waals surface area contributed by atoms with Gasteiger partial charge in [0.05, 0.1) is 11.3 Å². The van der Waals surface area contributed by atoms with E-state index in [1.54, 1.807) is 25.1 Å². The fraction of sp³-hybridized carbons (Fsp3) is 0.375. The van der Waals surface area contributed by atoms with Crippen molar-refractivity contribution in [3.63, 3.8) is 0 Å². The fourth-order valence-corrected chi connectivity index (χ4v) is 2.25. The van der Waals surface area contributed by atoms with E-state index in [2.05, 4.69) is 10.9 Å². The van der Waals surface area contributed by atoms with E-state index in [9.17, 15) is 14.7 Å². The Kier molecular flexibility index (Phi) is 4.02. The molecule has 2 rings (SSSR count). The summed E-state index contributed by atoms with van der Waals surface area (Å²) in [5, 5.41) is 9.86. The number of carbonyl (C=O) groups is 2. The number of amides is 1. The van der Waals surface area contributed by atoms with Gasteiger partial charge < -0.3 is 5.11 Å². The van der Waals surface area contributed by atoms with Gasteiger partial charge in [-0.05, 0) is 30.4 Å². The van der Waals surface area contributed by atoms with Gasteiger partial charge in [-0.3, -0.25) is 20.4 Å². The molecule has 0 spiro atoms. The number of phenols is 1. The first-order valence-electron chi connectivity index (χ1n) is 6.88. The topological polar surface area (TPSA) is 78.4 Å². The summed E-state index contributed by atoms with van der Waals surface area (Å²) in [6, 6.07) is 4.94. The number of aromatic hydroxyl groups is 1. The molecule has 0 saturated carbocycles. The zero-order chi connectivity index (χ0) is 15.6. The van der Waals surface area contributed by atoms with Crippen LogP contribution >= 0.6 is 0 Å². The Balaban J connectivity index is 2.04. The molecule has 1 aromatic carbocycles. The van der Waals surface area contributed by atoms with Crippen LogP contribution in [0.5, 0.6) is 5.75 Å². The molecular formula is C16H20N2O3. The molecule has 3 N–H and O–H groups in total. The van der Waals surface area contributed by atoms with E-state index >= 15 is 0 Å². The highest BCUT2D eigenvalue weighted by Gasteiger charge is 2.28. The number of aryl methyl sites for hydroxylation is 1. The number of benzene rings is 1. The van der Waals surface area contributed by atoms with Crippen LogP contribution in [-0.2, 0) is 4.79 Å². The van der Waals surface area contributed by atoms with Gasteiger partial charge in [-0.25, -0.2) is 0 Å². The maximum atomic E-state index is 12.0. The first kappa shape index (κ1) is 15.1. The lowest BCUT2D eigenvalue weighted by atomic mass is 9.79. The number of rotatable bonds is 3. The number of para-hydroxylation sites is 1. The average Bonchev–Trinajstić information content (AvgIpc) is 2.40. The molecule has 5 nitrogen and oxygen atoms in total. The lowest BCUT2D eigenvalue weighted by Gasteiger charge is -2.27. The van der Waals surface area contributed by atoms with Gasteiger partial charge in [0.1, 0.15) is 5.75 Å². The first-order chi connectivity index (χ1) is 9.80. The van der Waals surface area contributed by atoms with Crippen LogP contribution in [0.15, 0.2) is 30.0 Å². The summed E-state index contributed by atoms with van der Waals surface area (Å²) in [6.45, 7) is 5.78. The van der Waals surface area contributed by atoms with Crippen LogP contribution in [0.2, 0.25) is 0 Å². The monoisotopic (exact) mass is 288 g/mol. The van der Waals surface area contributed by atoms with E-state index in [1.165, 1.54) is 6.07 Å². The largest absolute Gasteiger partial charge is 0.507 e. The normalized spacial score (nSPS) is 17.1. The zero-order valence-electron chi connectivity index (χ0n) is 12.5. The number of Topliss-reactive ketones (excluding diaryl/α,β-unsaturated/α-hetero) is 1. The average molecular weight is 288 g/mol. The highest BCUT2D eigenvalue weighted by Crippen LogP contribution is 2.31. The van der Waals surface area contributed by atoms with Gasteiger partial charge in [-0.15, -0.1) is 0 Å². The second kappa shape index (κ2) is 5.60. The molecule has 112 valence electrons. The van der Waals surface area contributed by atoms with Crippen molar-refractivity contribution in [2.75, 3.05) is 0 Å². The third-order valence-electron chi connectivity index (χ3n) is 3.59. The van der Waals surface area contributed by atoms with Crippen molar-refractivity contribution in [2.24, 2.45) is 5.41 Å². The van der Waals surface area contributed by atoms with Gasteiger partial charge in [-0.1, -0.05) is 32.1 Å². The SMILES string of the molecule is Cc1cccc(C(=O)NNC2=CCC(C)(C)CC2=O)c1O. The highest BCUT2D eigenvalue weighted by molar-refractivity contribution is 5.99. The van der Waals surface area contributed by atoms with Gasteiger partial charge in [0, 0.05) is 6.42 Å². The minimum absolute atomic E-state index is 0.0278. The number of hydrogen-bond donors (Lipinski definition) is 3. The number of ketones is 1. The Labute approximate surface area is 124 Å². The van der Waals surface area contributed by atoms with Crippen LogP contribution in [0.1, 0.15) is 42.6 Å². The zero-order valence-corrected chi connectivity index (χ0v) is 12.5. The lowest BCUT2D eigenvalue weighted by molar-refractivity contribution is -0.118. The van der Waals surface area contributed by atoms with E-state index in [1.807, 2.05) is 13.8 Å². The van der Waals surface area contributed by atoms with E-state index in [0.717, 1.165) is 6.42 Å². The van der Waals surface area contributed by atoms with Crippen molar-refractivity contribution in [1.82, 2.24) is 10.9 Å². The Hall–Kier alpha value is -2.30. The predicted octanol–water partition coefficient (Wildman–Crippen LogP) is 2.21. The number of hydrogen-bond acceptors (Lipinski definition) is 4. The van der Waals surface area contributed by atoms with Crippen LogP contribution in [0, 0.1) is 12.3 Å². The van der Waals surface area contributed by atoms with Crippen molar-refractivity contribution in [3.05, 3.63) is 41.1 Å². The Morgan fingerprint density at radius 1 is 1.33 bits per heavy atom. The van der Waals surface area contributed by atoms with Crippen molar-refractivity contribution in [2.45, 2.75) is 33.6 Å². The summed E-state index contributed by atoms with van der Waals surface area (Å²) in [6.07, 6.45) is 3.01. The van der Waals surface area contributed by atoms with E-state index in [-0.39, 0.29) is 22.5 Å². The summed E-state index contributed by atoms with van der Waals surface area (Å²) in [4.78, 5) is 24.0. The molecule has 0 atom stereocenters. The molecule has 1 aliphatic carbocycles. The Bertz CT molecular complexity index is 618. The van der Waals surface area contributed by atoms with Crippen molar-refractivity contribution >= 4 is 11.7 Å². The minimum atomic E-state index is -0.477. The van der Waals surface area contributed by atoms with E-state index in [4.69, 9.17) is 0 Å². The first-order valence-corrected chi connectivity index (χ1v) is 6.88. The van der Waals surface area contributed by atoms with Gasteiger partial charge in [-0.2, -0.15) is 0 Å². The maximum Gasteiger partial charge on any atom is 0.273 e. The van der Waals surface area contributed by atoms with Crippen LogP contribution < -0.4 is 10.9 Å². The highest BCUT2D eigenvalue weighted by atomic mass is 16.3. The summed E-state index contributed by atoms with van der Waals surface area (Å²) in [5.74, 6) is -0.559. The van der Waals surface area contributed by atoms with E-state index in [0.29, 0.717) is 17.7 Å². The van der Waals surface area contributed by atoms with Gasteiger partial charge in [0.2, 0.25) is 0 Å². The molecule has 1 aliphatic rings. The summed E-state index contributed by atoms with van der Waals surface area (Å²) in [7, 11) is 0. The molecule has 1 aromatic rings. The standard InChI is InChI=1S/C16H20N2O3/c1-10-5-4-6-11(14(10)20)15(21)18-17-12-7-8-16(2,3)9-13(12)19/h4-7,17,20H,8-9H2,1-3H3,(H,18,21). The predicted molar refractivity (Wildman–Crippen MR) is 79.6 cm³/mol. The van der Waals surface area contributed by atoms with Gasteiger partial charge in [0.25, 0.3) is 5.91 Å². The quantitative estimate of drug-likeness (QED) is 0.745. The maximum absolute atomic E-state index is 12.0. The van der Waals surface area contributed by atoms with Gasteiger partial charge >= 0.3 is 0 Å². The molecule has 0 saturated heterocycles. The Morgan fingerprint density at radius 3 is 2.71 bits per heavy atom. The van der Waals surface area contributed by atoms with Crippen LogP contribution in [-0.4, -0.2) is 16.8 Å². The summed E-state index contributed by atoms with van der Waals surface area (Å²) >= 11 is 0. The molecule has 0 unspecified atom stereocenters. The third-order valence-corrected chi connectivity index (χ3v) is 3.59. The number of allylic oxidation sites excluding steroid dienone is 2. The molecule has 1 amide bonds. The molecule has 0 aromatic heterocycles. The second-order valence-corrected chi connectivity index (χ2v) is 6.14. The van der Waals surface area contributed by atoms with Crippen LogP contribution in [0.25, 0.3) is 0 Å². The molecule has 5 heteroatoms. The summed E-state index contributed by atoms with van der Waals surface area (Å²) in [5.41, 5.74) is 6.26. The summed E-state index contributed by atoms with van der Waals surface area (Å²) < 4.78 is 0. The smallest absolute Gasteiger partial charge is 0.273 e. The molecule has 21 heavy (non-hydrogen) atoms. The molecule has 0 bridgehead atoms. The number of hydrazine groups is 1. The van der Waals surface area contributed by atoms with E-state index < -0.39 is 5.91 Å². The molecule has 0 fully saturated rings. The molecule has 0 radical (unpaired) electrons. The Morgan fingerprint density at radius 2 is 2.05 bits per heavy atom. The number of carbonyl (C=O) groups excluding carboxylic acids is 2. The van der Waals surface area contributed by atoms with Crippen LogP contribution in [0.3, 0.4) is 0 Å². The lowest BCUT2D eigenvalue weighted by Crippen LogP contribution is -2.41.